The van der Waals surface area contributed by atoms with E-state index in [0.717, 1.165) is 86.6 Å². The second kappa shape index (κ2) is 73.5. The summed E-state index contributed by atoms with van der Waals surface area (Å²) in [5, 5.41) is 6.49. The monoisotopic (exact) mass is 1920 g/mol. The highest BCUT2D eigenvalue weighted by Gasteiger charge is 2.43. The summed E-state index contributed by atoms with van der Waals surface area (Å²) in [4.78, 5) is 68.9. The van der Waals surface area contributed by atoms with E-state index in [0.29, 0.717) is 190 Å². The van der Waals surface area contributed by atoms with Crippen LogP contribution in [0.5, 0.6) is 34.5 Å². The zero-order valence-electron chi connectivity index (χ0n) is 83.3. The number of carbonyl (C=O) groups excluding carboxylic acids is 4. The number of aromatic nitrogens is 1. The fraction of sp³-hybridized carbons (Fsp3) is 0.657. The summed E-state index contributed by atoms with van der Waals surface area (Å²) < 4.78 is 139. The van der Waals surface area contributed by atoms with Gasteiger partial charge in [0.2, 0.25) is 11.5 Å². The van der Waals surface area contributed by atoms with Crippen LogP contribution in [0.25, 0.3) is 11.1 Å². The van der Waals surface area contributed by atoms with Crippen LogP contribution >= 0.6 is 0 Å². The van der Waals surface area contributed by atoms with Crippen LogP contribution in [0.15, 0.2) is 72.8 Å². The molecule has 6 rings (SSSR count). The van der Waals surface area contributed by atoms with Crippen molar-refractivity contribution in [2.45, 2.75) is 111 Å². The van der Waals surface area contributed by atoms with E-state index in [9.17, 15) is 9.59 Å². The third-order valence-corrected chi connectivity index (χ3v) is 22.0. The fourth-order valence-electron chi connectivity index (χ4n) is 14.8. The number of amides is 4. The molecule has 1 aliphatic carbocycles. The van der Waals surface area contributed by atoms with Gasteiger partial charge in [0.05, 0.1) is 198 Å². The van der Waals surface area contributed by atoms with Gasteiger partial charge >= 0.3 is 0 Å². The van der Waals surface area contributed by atoms with Crippen LogP contribution in [0.3, 0.4) is 0 Å². The van der Waals surface area contributed by atoms with Crippen LogP contribution in [0.4, 0.5) is 5.69 Å². The predicted octanol–water partition coefficient (Wildman–Crippen LogP) is 11.7. The van der Waals surface area contributed by atoms with Crippen molar-refractivity contribution >= 4 is 29.3 Å². The quantitative estimate of drug-likeness (QED) is 0.0270. The number of nitrogens with zero attached hydrogens (tertiary/aromatic N) is 4. The Labute approximate surface area is 807 Å². The second-order valence-electron chi connectivity index (χ2n) is 31.5. The minimum atomic E-state index is -0.481. The van der Waals surface area contributed by atoms with E-state index in [1.165, 1.54) is 11.1 Å². The van der Waals surface area contributed by atoms with Gasteiger partial charge in [0.1, 0.15) is 51.0 Å². The van der Waals surface area contributed by atoms with Crippen molar-refractivity contribution in [2.75, 3.05) is 338 Å². The Bertz CT molecular complexity index is 3850. The smallest absolute Gasteiger partial charge is 0.272 e. The molecule has 1 heterocycles. The first-order valence-corrected chi connectivity index (χ1v) is 48.5. The number of fused-ring (bicyclic) bond motifs is 3. The van der Waals surface area contributed by atoms with Crippen LogP contribution < -0.4 is 44.0 Å². The summed E-state index contributed by atoms with van der Waals surface area (Å²) in [7, 11) is 9.68. The molecule has 0 bridgehead atoms. The standard InChI is InChI=1S/C102H158N6O28/c1-13-19-21-23-31-102(32-24-22-20-14-2)88-73-81(25-26-82-74-90(100(111)106(15-3)16-4)105-91(75-82)101(112)107(17-5)18-6)27-29-86(88)87-30-28-85(80-89(87)102)108(35-33-103-98(109)83-76-92(131-67-61-125-55-49-119-43-37-113-7)96(135-71-65-129-59-53-123-47-41-117-11)93(77-83)132-68-62-126-56-50-120-44-38-114-8)36-34-104-99(110)84-78-94(133-69-63-127-57-51-121-45-39-115-9)97(136-72-66-130-60-54-124-48-42-118-12)95(79-84)134-70-64-128-58-52-122-46-40-116-10/h27-30,73-80H,13-24,31-72H2,1-12H3,(H,103,109)(H,104,110). The Morgan fingerprint density at radius 2 is 0.603 bits per heavy atom. The Balaban J connectivity index is 1.48. The minimum Gasteiger partial charge on any atom is -0.487 e. The molecule has 5 aromatic rings. The van der Waals surface area contributed by atoms with Gasteiger partial charge in [-0.25, -0.2) is 4.98 Å². The van der Waals surface area contributed by atoms with Gasteiger partial charge < -0.3 is 139 Å². The van der Waals surface area contributed by atoms with Crippen LogP contribution in [-0.2, 0) is 90.7 Å². The number of rotatable bonds is 85. The summed E-state index contributed by atoms with van der Waals surface area (Å²) in [5.41, 5.74) is 6.97. The van der Waals surface area contributed by atoms with Crippen molar-refractivity contribution < 1.29 is 133 Å². The molecule has 1 aromatic heterocycles. The summed E-state index contributed by atoms with van der Waals surface area (Å²) in [5.74, 6) is 6.84. The van der Waals surface area contributed by atoms with E-state index in [4.69, 9.17) is 114 Å². The molecule has 0 atom stereocenters. The number of benzene rings is 4. The molecule has 136 heavy (non-hydrogen) atoms. The second-order valence-corrected chi connectivity index (χ2v) is 31.5. The number of pyridine rings is 1. The molecule has 34 nitrogen and oxygen atoms in total. The minimum absolute atomic E-state index is 0.0705. The van der Waals surface area contributed by atoms with E-state index in [1.54, 1.807) is 88.9 Å². The zero-order valence-corrected chi connectivity index (χ0v) is 83.3. The molecule has 0 radical (unpaired) electrons. The Morgan fingerprint density at radius 3 is 0.912 bits per heavy atom. The first-order valence-electron chi connectivity index (χ1n) is 48.5. The topological polar surface area (TPSA) is 336 Å². The highest BCUT2D eigenvalue weighted by Crippen LogP contribution is 2.55. The number of carbonyl (C=O) groups is 4. The lowest BCUT2D eigenvalue weighted by atomic mass is 9.70. The van der Waals surface area contributed by atoms with Gasteiger partial charge in [-0.15, -0.1) is 0 Å². The third kappa shape index (κ3) is 43.8. The Kier molecular flexibility index (Phi) is 62.7. The number of anilines is 1. The van der Waals surface area contributed by atoms with Gasteiger partial charge in [-0.3, -0.25) is 19.2 Å². The van der Waals surface area contributed by atoms with E-state index >= 15 is 9.59 Å². The molecule has 34 heteroatoms. The van der Waals surface area contributed by atoms with Crippen molar-refractivity contribution in [3.63, 3.8) is 0 Å². The molecule has 764 valence electrons. The number of ether oxygens (including phenoxy) is 24. The van der Waals surface area contributed by atoms with Gasteiger partial charge in [0, 0.05) is 128 Å². The molecular formula is C102H158N6O28. The van der Waals surface area contributed by atoms with Crippen molar-refractivity contribution in [1.29, 1.82) is 0 Å². The molecule has 4 amide bonds. The summed E-state index contributed by atoms with van der Waals surface area (Å²) >= 11 is 0. The molecule has 1 aliphatic rings. The number of hydrogen-bond acceptors (Lipinski definition) is 30. The Morgan fingerprint density at radius 1 is 0.316 bits per heavy atom. The van der Waals surface area contributed by atoms with Crippen LogP contribution in [-0.4, -0.2) is 371 Å². The van der Waals surface area contributed by atoms with Crippen molar-refractivity contribution in [3.8, 4) is 57.5 Å². The van der Waals surface area contributed by atoms with Crippen LogP contribution in [0.2, 0.25) is 0 Å². The van der Waals surface area contributed by atoms with Gasteiger partial charge in [-0.1, -0.05) is 89.2 Å². The number of unbranched alkanes of at least 4 members (excludes halogenated alkanes) is 6. The zero-order chi connectivity index (χ0) is 97.5. The summed E-state index contributed by atoms with van der Waals surface area (Å²) in [6, 6.07) is 23.0. The molecular weight excluding hydrogens is 1760 g/mol. The average Bonchev–Trinajstić information content (AvgIpc) is 1.56. The fourth-order valence-corrected chi connectivity index (χ4v) is 14.8. The van der Waals surface area contributed by atoms with Gasteiger partial charge in [0.15, 0.2) is 23.0 Å². The molecule has 0 saturated carbocycles. The number of hydrogen-bond donors (Lipinski definition) is 2. The van der Waals surface area contributed by atoms with Crippen molar-refractivity contribution in [2.24, 2.45) is 0 Å². The maximum absolute atomic E-state index is 15.2. The molecule has 0 saturated heterocycles. The van der Waals surface area contributed by atoms with Gasteiger partial charge in [-0.2, -0.15) is 0 Å². The average molecular weight is 1920 g/mol. The molecule has 0 unspecified atom stereocenters. The molecule has 0 spiro atoms. The maximum Gasteiger partial charge on any atom is 0.272 e. The number of methoxy groups -OCH3 is 6. The highest BCUT2D eigenvalue weighted by molar-refractivity contribution is 5.98. The first-order chi connectivity index (χ1) is 66.8. The maximum atomic E-state index is 15.2. The molecule has 4 aromatic carbocycles. The van der Waals surface area contributed by atoms with Crippen LogP contribution in [0, 0.1) is 11.8 Å². The lowest BCUT2D eigenvalue weighted by Crippen LogP contribution is -2.40. The third-order valence-electron chi connectivity index (χ3n) is 22.0. The van der Waals surface area contributed by atoms with Crippen molar-refractivity contribution in [1.82, 2.24) is 25.4 Å². The lowest BCUT2D eigenvalue weighted by molar-refractivity contribution is 0.0146. The Hall–Kier alpha value is -8.65. The summed E-state index contributed by atoms with van der Waals surface area (Å²) in [6.07, 6.45) is 9.95. The van der Waals surface area contributed by atoms with Gasteiger partial charge in [0.25, 0.3) is 23.6 Å². The van der Waals surface area contributed by atoms with E-state index in [1.807, 2.05) is 27.7 Å². The highest BCUT2D eigenvalue weighted by atomic mass is 16.6. The lowest BCUT2D eigenvalue weighted by Gasteiger charge is -2.34. The molecule has 0 fully saturated rings. The van der Waals surface area contributed by atoms with E-state index < -0.39 is 17.2 Å². The SMILES string of the molecule is CCCCCCC1(CCCCCC)c2cc(C#Cc3cc(C(=O)N(CC)CC)nc(C(=O)N(CC)CC)c3)ccc2-c2ccc(N(CCNC(=O)c3cc(OCCOCCOCCOC)c(OCCOCCOCCOC)c(OCCOCCOCCOC)c3)CCNC(=O)c3cc(OCCOCCOCCOC)c(OCCOCCOCCOC)c(OCCOCCOCCOC)c3)cc21. The van der Waals surface area contributed by atoms with E-state index in [2.05, 4.69) is 82.6 Å². The molecule has 0 aliphatic heterocycles. The predicted molar refractivity (Wildman–Crippen MR) is 519 cm³/mol. The number of nitrogens with one attached hydrogen (secondary N) is 2. The van der Waals surface area contributed by atoms with Crippen molar-refractivity contribution in [3.05, 3.63) is 118 Å². The normalized spacial score (nSPS) is 11.9. The first kappa shape index (κ1) is 116. The van der Waals surface area contributed by atoms with Gasteiger partial charge in [-0.05, 0) is 123 Å². The molecule has 2 N–H and O–H groups in total. The van der Waals surface area contributed by atoms with Crippen LogP contribution in [0.1, 0.15) is 170 Å². The summed E-state index contributed by atoms with van der Waals surface area (Å²) in [6.45, 7) is 25.5. The van der Waals surface area contributed by atoms with E-state index in [-0.39, 0.29) is 174 Å². The largest absolute Gasteiger partial charge is 0.487 e.